The van der Waals surface area contributed by atoms with Crippen molar-refractivity contribution in [2.24, 2.45) is 0 Å². The Bertz CT molecular complexity index is 1370. The maximum Gasteiger partial charge on any atom is 0.260 e. The molecular formula is C27H28N6O3. The van der Waals surface area contributed by atoms with Crippen molar-refractivity contribution < 1.29 is 14.1 Å². The molecule has 9 nitrogen and oxygen atoms in total. The molecule has 3 heterocycles. The topological polar surface area (TPSA) is 96.5 Å². The third kappa shape index (κ3) is 5.00. The summed E-state index contributed by atoms with van der Waals surface area (Å²) in [6.07, 6.45) is 0. The fourth-order valence-corrected chi connectivity index (χ4v) is 4.46. The van der Waals surface area contributed by atoms with E-state index >= 15 is 0 Å². The standard InChI is InChI=1S/C27H28N6O3/c1-19-16-20(2)33(29-19)18-26(34)32-14-12-31(13-15-32)24-11-7-6-10-22(24)27(35)28-25-17-23(30-36-25)21-8-4-3-5-9-21/h3-11,16-17H,12-15,18H2,1-2H3,(H,28,35). The Balaban J connectivity index is 1.23. The van der Waals surface area contributed by atoms with Crippen molar-refractivity contribution in [1.29, 1.82) is 0 Å². The number of hydrogen-bond donors (Lipinski definition) is 1. The molecule has 36 heavy (non-hydrogen) atoms. The molecule has 1 saturated heterocycles. The van der Waals surface area contributed by atoms with Gasteiger partial charge in [0, 0.05) is 49.2 Å². The van der Waals surface area contributed by atoms with Crippen molar-refractivity contribution in [3.63, 3.8) is 0 Å². The third-order valence-electron chi connectivity index (χ3n) is 6.33. The number of nitrogens with zero attached hydrogens (tertiary/aromatic N) is 5. The van der Waals surface area contributed by atoms with Crippen LogP contribution in [0.2, 0.25) is 0 Å². The predicted octanol–water partition coefficient (Wildman–Crippen LogP) is 3.76. The smallest absolute Gasteiger partial charge is 0.260 e. The number of para-hydroxylation sites is 1. The Morgan fingerprint density at radius 3 is 2.39 bits per heavy atom. The van der Waals surface area contributed by atoms with E-state index in [2.05, 4.69) is 20.5 Å². The van der Waals surface area contributed by atoms with Gasteiger partial charge < -0.3 is 14.3 Å². The zero-order valence-corrected chi connectivity index (χ0v) is 20.3. The van der Waals surface area contributed by atoms with Crippen molar-refractivity contribution in [2.75, 3.05) is 36.4 Å². The monoisotopic (exact) mass is 484 g/mol. The van der Waals surface area contributed by atoms with Crippen LogP contribution in [0.4, 0.5) is 11.6 Å². The SMILES string of the molecule is Cc1cc(C)n(CC(=O)N2CCN(c3ccccc3C(=O)Nc3cc(-c4ccccc4)no3)CC2)n1. The molecule has 4 aromatic rings. The second-order valence-electron chi connectivity index (χ2n) is 8.87. The molecule has 0 aliphatic carbocycles. The quantitative estimate of drug-likeness (QED) is 0.448. The first-order chi connectivity index (χ1) is 17.5. The van der Waals surface area contributed by atoms with E-state index in [1.807, 2.05) is 73.3 Å². The number of anilines is 2. The molecule has 0 radical (unpaired) electrons. The Hall–Kier alpha value is -4.40. The zero-order valence-electron chi connectivity index (χ0n) is 20.3. The molecule has 2 aromatic carbocycles. The molecule has 1 N–H and O–H groups in total. The lowest BCUT2D eigenvalue weighted by Gasteiger charge is -2.36. The molecule has 9 heteroatoms. The minimum Gasteiger partial charge on any atom is -0.367 e. The molecule has 0 bridgehead atoms. The van der Waals surface area contributed by atoms with Gasteiger partial charge in [-0.1, -0.05) is 47.6 Å². The minimum absolute atomic E-state index is 0.0476. The normalized spacial score (nSPS) is 13.6. The Morgan fingerprint density at radius 2 is 1.67 bits per heavy atom. The third-order valence-corrected chi connectivity index (χ3v) is 6.33. The largest absolute Gasteiger partial charge is 0.367 e. The van der Waals surface area contributed by atoms with Gasteiger partial charge in [0.2, 0.25) is 11.8 Å². The van der Waals surface area contributed by atoms with Crippen LogP contribution < -0.4 is 10.2 Å². The van der Waals surface area contributed by atoms with E-state index in [4.69, 9.17) is 4.52 Å². The van der Waals surface area contributed by atoms with E-state index in [0.29, 0.717) is 37.4 Å². The molecule has 0 saturated carbocycles. The van der Waals surface area contributed by atoms with Crippen LogP contribution in [-0.2, 0) is 11.3 Å². The molecular weight excluding hydrogens is 456 g/mol. The van der Waals surface area contributed by atoms with Gasteiger partial charge in [-0.05, 0) is 32.0 Å². The molecule has 1 aliphatic rings. The van der Waals surface area contributed by atoms with E-state index < -0.39 is 0 Å². The van der Waals surface area contributed by atoms with Gasteiger partial charge in [0.1, 0.15) is 12.2 Å². The van der Waals surface area contributed by atoms with Gasteiger partial charge in [0.25, 0.3) is 5.91 Å². The van der Waals surface area contributed by atoms with Crippen LogP contribution >= 0.6 is 0 Å². The number of nitrogens with one attached hydrogen (secondary N) is 1. The highest BCUT2D eigenvalue weighted by atomic mass is 16.5. The highest BCUT2D eigenvalue weighted by molar-refractivity contribution is 6.07. The maximum atomic E-state index is 13.1. The first-order valence-corrected chi connectivity index (χ1v) is 11.9. The summed E-state index contributed by atoms with van der Waals surface area (Å²) in [5, 5.41) is 11.3. The van der Waals surface area contributed by atoms with Crippen molar-refractivity contribution in [3.05, 3.63) is 83.7 Å². The molecule has 0 atom stereocenters. The van der Waals surface area contributed by atoms with Gasteiger partial charge in [-0.15, -0.1) is 0 Å². The molecule has 0 unspecified atom stereocenters. The Morgan fingerprint density at radius 1 is 0.944 bits per heavy atom. The van der Waals surface area contributed by atoms with Gasteiger partial charge in [-0.3, -0.25) is 19.6 Å². The van der Waals surface area contributed by atoms with Gasteiger partial charge in [0.05, 0.1) is 11.3 Å². The second-order valence-corrected chi connectivity index (χ2v) is 8.87. The van der Waals surface area contributed by atoms with Gasteiger partial charge >= 0.3 is 0 Å². The van der Waals surface area contributed by atoms with Crippen LogP contribution in [0.3, 0.4) is 0 Å². The number of carbonyl (C=O) groups is 2. The molecule has 2 aromatic heterocycles. The van der Waals surface area contributed by atoms with Crippen molar-refractivity contribution in [2.45, 2.75) is 20.4 Å². The summed E-state index contributed by atoms with van der Waals surface area (Å²) in [6, 6.07) is 20.8. The van der Waals surface area contributed by atoms with E-state index in [-0.39, 0.29) is 24.2 Å². The van der Waals surface area contributed by atoms with Crippen LogP contribution in [0.5, 0.6) is 0 Å². The Labute approximate surface area is 209 Å². The highest BCUT2D eigenvalue weighted by Crippen LogP contribution is 2.25. The predicted molar refractivity (Wildman–Crippen MR) is 137 cm³/mol. The first kappa shape index (κ1) is 23.3. The minimum atomic E-state index is -0.274. The summed E-state index contributed by atoms with van der Waals surface area (Å²) >= 11 is 0. The number of carbonyl (C=O) groups excluding carboxylic acids is 2. The number of aromatic nitrogens is 3. The van der Waals surface area contributed by atoms with E-state index in [1.54, 1.807) is 16.8 Å². The van der Waals surface area contributed by atoms with Gasteiger partial charge in [-0.25, -0.2) is 0 Å². The lowest BCUT2D eigenvalue weighted by Crippen LogP contribution is -2.50. The summed E-state index contributed by atoms with van der Waals surface area (Å²) in [7, 11) is 0. The molecule has 184 valence electrons. The fourth-order valence-electron chi connectivity index (χ4n) is 4.46. The maximum absolute atomic E-state index is 13.1. The molecule has 0 spiro atoms. The lowest BCUT2D eigenvalue weighted by atomic mass is 10.1. The summed E-state index contributed by atoms with van der Waals surface area (Å²) in [5.74, 6) is 0.0593. The second kappa shape index (κ2) is 10.1. The summed E-state index contributed by atoms with van der Waals surface area (Å²) in [5.41, 5.74) is 4.80. The highest BCUT2D eigenvalue weighted by Gasteiger charge is 2.25. The summed E-state index contributed by atoms with van der Waals surface area (Å²) in [6.45, 7) is 6.54. The van der Waals surface area contributed by atoms with Crippen molar-refractivity contribution >= 4 is 23.4 Å². The molecule has 5 rings (SSSR count). The fraction of sp³-hybridized carbons (Fsp3) is 0.259. The van der Waals surface area contributed by atoms with Crippen molar-refractivity contribution in [3.8, 4) is 11.3 Å². The number of rotatable bonds is 6. The lowest BCUT2D eigenvalue weighted by molar-refractivity contribution is -0.132. The van der Waals surface area contributed by atoms with Gasteiger partial charge in [-0.2, -0.15) is 5.10 Å². The average Bonchev–Trinajstić information content (AvgIpc) is 3.49. The van der Waals surface area contributed by atoms with Crippen LogP contribution in [0.1, 0.15) is 21.7 Å². The van der Waals surface area contributed by atoms with Crippen LogP contribution in [0.15, 0.2) is 71.3 Å². The Kier molecular flexibility index (Phi) is 6.53. The van der Waals surface area contributed by atoms with E-state index in [9.17, 15) is 9.59 Å². The summed E-state index contributed by atoms with van der Waals surface area (Å²) in [4.78, 5) is 29.9. The number of aryl methyl sites for hydroxylation is 2. The zero-order chi connectivity index (χ0) is 25.1. The van der Waals surface area contributed by atoms with Crippen molar-refractivity contribution in [1.82, 2.24) is 19.8 Å². The van der Waals surface area contributed by atoms with Crippen LogP contribution in [0.25, 0.3) is 11.3 Å². The van der Waals surface area contributed by atoms with E-state index in [0.717, 1.165) is 22.6 Å². The average molecular weight is 485 g/mol. The first-order valence-electron chi connectivity index (χ1n) is 11.9. The molecule has 1 aliphatic heterocycles. The molecule has 1 fully saturated rings. The number of piperazine rings is 1. The summed E-state index contributed by atoms with van der Waals surface area (Å²) < 4.78 is 7.10. The van der Waals surface area contributed by atoms with E-state index in [1.165, 1.54) is 0 Å². The number of benzene rings is 2. The van der Waals surface area contributed by atoms with Crippen LogP contribution in [-0.4, -0.2) is 57.8 Å². The molecule has 2 amide bonds. The van der Waals surface area contributed by atoms with Gasteiger partial charge in [0.15, 0.2) is 0 Å². The number of amides is 2. The van der Waals surface area contributed by atoms with Crippen LogP contribution in [0, 0.1) is 13.8 Å². The number of hydrogen-bond acceptors (Lipinski definition) is 6.